The maximum Gasteiger partial charge on any atom is 0.331 e. The molecule has 4 aliphatic carbocycles. The number of benzene rings is 1. The van der Waals surface area contributed by atoms with E-state index in [4.69, 9.17) is 52.1 Å². The number of methoxy groups -OCH3 is 3. The third kappa shape index (κ3) is 10.0. The van der Waals surface area contributed by atoms with Crippen molar-refractivity contribution in [2.45, 2.75) is 216 Å². The first-order valence-electron chi connectivity index (χ1n) is 25.7. The summed E-state index contributed by atoms with van der Waals surface area (Å²) in [5.41, 5.74) is -1.96. The number of carbonyl (C=O) groups is 2. The van der Waals surface area contributed by atoms with Gasteiger partial charge in [-0.05, 0) is 107 Å². The van der Waals surface area contributed by atoms with Crippen molar-refractivity contribution in [3.8, 4) is 0 Å². The van der Waals surface area contributed by atoms with Crippen LogP contribution in [0.25, 0.3) is 6.08 Å². The zero-order valence-electron chi connectivity index (χ0n) is 42.6. The fourth-order valence-electron chi connectivity index (χ4n) is 14.5. The predicted octanol–water partition coefficient (Wildman–Crippen LogP) is 4.85. The number of hydrogen-bond acceptors (Lipinski definition) is 17. The van der Waals surface area contributed by atoms with Crippen LogP contribution in [0.5, 0.6) is 0 Å². The first-order chi connectivity index (χ1) is 33.3. The van der Waals surface area contributed by atoms with Crippen LogP contribution in [0.2, 0.25) is 0 Å². The SMILES string of the molecule is CO[C@H]1[C@@H](O)[C@H](O[C@@H]2[C@@H](C)O[C@@H](O[C@H]3[C@@H](OC)C[C@H](O[C@H]4CC[C@@]5(C)[C@@H](CC[C@@H]6[C@@H]5[C@H](OC(=O)/C=C/c5ccccc5)[C@@H](OC(C)=O)[C@]5(C)[C@@H]([C@@H](C)O)CC[C@]65O)C4)O[C@@H]3C)C[C@H]2OC)O[C@H](C)[C@H]1O. The molecule has 17 nitrogen and oxygen atoms in total. The van der Waals surface area contributed by atoms with Crippen molar-refractivity contribution in [1.82, 2.24) is 0 Å². The number of hydrogen-bond donors (Lipinski definition) is 4. The number of aliphatic hydroxyl groups is 4. The molecule has 0 aromatic heterocycles. The van der Waals surface area contributed by atoms with Crippen LogP contribution >= 0.6 is 0 Å². The highest BCUT2D eigenvalue weighted by Gasteiger charge is 2.75. The molecule has 7 aliphatic rings. The predicted molar refractivity (Wildman–Crippen MR) is 251 cm³/mol. The summed E-state index contributed by atoms with van der Waals surface area (Å²) in [5.74, 6) is -1.99. The van der Waals surface area contributed by atoms with E-state index in [9.17, 15) is 30.0 Å². The molecule has 0 amide bonds. The van der Waals surface area contributed by atoms with Gasteiger partial charge in [-0.1, -0.05) is 44.2 Å². The van der Waals surface area contributed by atoms with Gasteiger partial charge in [-0.15, -0.1) is 0 Å². The minimum atomic E-state index is -1.28. The summed E-state index contributed by atoms with van der Waals surface area (Å²) in [6, 6.07) is 9.48. The Hall–Kier alpha value is -2.62. The minimum absolute atomic E-state index is 0.125. The molecule has 0 unspecified atom stereocenters. The van der Waals surface area contributed by atoms with E-state index in [0.717, 1.165) is 12.0 Å². The van der Waals surface area contributed by atoms with Gasteiger partial charge in [0.1, 0.15) is 42.7 Å². The summed E-state index contributed by atoms with van der Waals surface area (Å²) < 4.78 is 68.6. The van der Waals surface area contributed by atoms with Crippen molar-refractivity contribution in [3.05, 3.63) is 42.0 Å². The molecular weight excluding hydrogens is 909 g/mol. The standard InChI is InChI=1S/C53H80O17/c1-27(54)35-21-23-53(59)36-18-17-33-24-34(20-22-51(33,6)42(36)47(49(52(35,53)7)66-31(5)55)68-39(56)19-16-32-14-12-11-13-15-32)67-40-25-37(60-8)45(29(3)63-40)69-41-26-38(61-9)46(30(4)64-41)70-50-44(58)48(62-10)43(57)28(2)65-50/h11-16,19,27-30,33-38,40-50,54,57-59H,17-18,20-26H2,1-10H3/b19-16+/t27-,28-,29-,30-,33+,34+,35-,36-,37+,38-,40+,41+,42-,43-,44-,45-,46-,47+,48-,49-,50+,51+,52+,53+/m1/s1. The van der Waals surface area contributed by atoms with Crippen molar-refractivity contribution in [2.75, 3.05) is 21.3 Å². The van der Waals surface area contributed by atoms with E-state index in [2.05, 4.69) is 6.92 Å². The molecule has 394 valence electrons. The highest BCUT2D eigenvalue weighted by molar-refractivity contribution is 5.87. The monoisotopic (exact) mass is 989 g/mol. The van der Waals surface area contributed by atoms with Gasteiger partial charge in [0.2, 0.25) is 0 Å². The van der Waals surface area contributed by atoms with E-state index < -0.39 is 133 Å². The Balaban J connectivity index is 0.942. The smallest absolute Gasteiger partial charge is 0.331 e. The van der Waals surface area contributed by atoms with E-state index in [-0.39, 0.29) is 23.9 Å². The second kappa shape index (κ2) is 21.7. The molecule has 0 spiro atoms. The highest BCUT2D eigenvalue weighted by atomic mass is 16.8. The van der Waals surface area contributed by atoms with Crippen LogP contribution in [-0.2, 0) is 61.7 Å². The summed E-state index contributed by atoms with van der Waals surface area (Å²) in [6.07, 6.45) is -3.50. The molecule has 0 bridgehead atoms. The Labute approximate surface area is 413 Å². The number of fused-ring (bicyclic) bond motifs is 5. The van der Waals surface area contributed by atoms with Gasteiger partial charge in [-0.2, -0.15) is 0 Å². The zero-order chi connectivity index (χ0) is 50.4. The van der Waals surface area contributed by atoms with Crippen molar-refractivity contribution < 1.29 is 82.1 Å². The van der Waals surface area contributed by atoms with E-state index in [0.29, 0.717) is 51.4 Å². The molecule has 1 aromatic rings. The molecule has 17 heteroatoms. The molecule has 1 aromatic carbocycles. The second-order valence-electron chi connectivity index (χ2n) is 21.9. The Morgan fingerprint density at radius 2 is 1.39 bits per heavy atom. The molecular formula is C53H80O17. The fraction of sp³-hybridized carbons (Fsp3) is 0.811. The van der Waals surface area contributed by atoms with Crippen molar-refractivity contribution >= 4 is 18.0 Å². The Kier molecular flexibility index (Phi) is 16.6. The van der Waals surface area contributed by atoms with E-state index in [1.807, 2.05) is 51.1 Å². The summed E-state index contributed by atoms with van der Waals surface area (Å²) in [4.78, 5) is 27.0. The number of aliphatic hydroxyl groups excluding tert-OH is 3. The largest absolute Gasteiger partial charge is 0.458 e. The van der Waals surface area contributed by atoms with E-state index in [1.165, 1.54) is 20.1 Å². The molecule has 0 radical (unpaired) electrons. The van der Waals surface area contributed by atoms with Crippen LogP contribution in [0, 0.1) is 34.5 Å². The van der Waals surface area contributed by atoms with Gasteiger partial charge in [-0.3, -0.25) is 4.79 Å². The van der Waals surface area contributed by atoms with Crippen LogP contribution in [0.3, 0.4) is 0 Å². The van der Waals surface area contributed by atoms with Gasteiger partial charge >= 0.3 is 11.9 Å². The lowest BCUT2D eigenvalue weighted by Gasteiger charge is -2.67. The van der Waals surface area contributed by atoms with Crippen LogP contribution < -0.4 is 0 Å². The van der Waals surface area contributed by atoms with Gasteiger partial charge in [-0.25, -0.2) is 4.79 Å². The lowest BCUT2D eigenvalue weighted by atomic mass is 9.41. The quantitative estimate of drug-likeness (QED) is 0.111. The number of esters is 2. The first-order valence-corrected chi connectivity index (χ1v) is 25.7. The molecule has 24 atom stereocenters. The first kappa shape index (κ1) is 53.7. The normalized spacial score (nSPS) is 47.7. The van der Waals surface area contributed by atoms with Crippen LogP contribution in [0.15, 0.2) is 36.4 Å². The van der Waals surface area contributed by atoms with Crippen molar-refractivity contribution in [2.24, 2.45) is 34.5 Å². The summed E-state index contributed by atoms with van der Waals surface area (Å²) >= 11 is 0. The van der Waals surface area contributed by atoms with Crippen molar-refractivity contribution in [1.29, 1.82) is 0 Å². The van der Waals surface area contributed by atoms with E-state index in [1.54, 1.807) is 34.1 Å². The van der Waals surface area contributed by atoms with Gasteiger partial charge in [0, 0.05) is 58.5 Å². The topological polar surface area (TPSA) is 217 Å². The number of carbonyl (C=O) groups excluding carboxylic acids is 2. The van der Waals surface area contributed by atoms with E-state index >= 15 is 0 Å². The highest BCUT2D eigenvalue weighted by Crippen LogP contribution is 2.70. The lowest BCUT2D eigenvalue weighted by Crippen LogP contribution is -2.73. The summed E-state index contributed by atoms with van der Waals surface area (Å²) in [7, 11) is 4.65. The molecule has 8 rings (SSSR count). The molecule has 7 fully saturated rings. The Morgan fingerprint density at radius 1 is 0.743 bits per heavy atom. The second-order valence-corrected chi connectivity index (χ2v) is 21.9. The van der Waals surface area contributed by atoms with Gasteiger partial charge in [0.05, 0.1) is 48.3 Å². The van der Waals surface area contributed by atoms with Gasteiger partial charge in [0.25, 0.3) is 0 Å². The fourth-order valence-corrected chi connectivity index (χ4v) is 14.5. The summed E-state index contributed by atoms with van der Waals surface area (Å²) in [5, 5.41) is 45.7. The minimum Gasteiger partial charge on any atom is -0.458 e. The maximum atomic E-state index is 13.9. The Bertz CT molecular complexity index is 1950. The van der Waals surface area contributed by atoms with Crippen molar-refractivity contribution in [3.63, 3.8) is 0 Å². The maximum absolute atomic E-state index is 13.9. The van der Waals surface area contributed by atoms with Crippen LogP contribution in [-0.4, -0.2) is 164 Å². The molecule has 70 heavy (non-hydrogen) atoms. The molecule has 3 aliphatic heterocycles. The molecule has 3 heterocycles. The average Bonchev–Trinajstić information content (AvgIpc) is 3.61. The number of rotatable bonds is 14. The van der Waals surface area contributed by atoms with Gasteiger partial charge < -0.3 is 72.5 Å². The Morgan fingerprint density at radius 3 is 2.00 bits per heavy atom. The van der Waals surface area contributed by atoms with Crippen LogP contribution in [0.4, 0.5) is 0 Å². The number of ether oxygens (including phenoxy) is 11. The average molecular weight is 989 g/mol. The van der Waals surface area contributed by atoms with Crippen LogP contribution in [0.1, 0.15) is 112 Å². The summed E-state index contributed by atoms with van der Waals surface area (Å²) in [6.45, 7) is 12.7. The lowest BCUT2D eigenvalue weighted by molar-refractivity contribution is -0.352. The third-order valence-electron chi connectivity index (χ3n) is 18.1. The molecule has 4 N–H and O–H groups in total. The zero-order valence-corrected chi connectivity index (χ0v) is 42.6. The molecule has 3 saturated heterocycles. The van der Waals surface area contributed by atoms with Gasteiger partial charge in [0.15, 0.2) is 18.9 Å². The third-order valence-corrected chi connectivity index (χ3v) is 18.1. The molecule has 4 saturated carbocycles.